The van der Waals surface area contributed by atoms with Crippen molar-refractivity contribution < 1.29 is 0 Å². The van der Waals surface area contributed by atoms with Gasteiger partial charge in [-0.25, -0.2) is 0 Å². The van der Waals surface area contributed by atoms with Crippen molar-refractivity contribution in [1.29, 1.82) is 0 Å². The molecule has 0 aliphatic rings. The first kappa shape index (κ1) is 11.3. The molecular weight excluding hydrogens is 245 g/mol. The van der Waals surface area contributed by atoms with Crippen LogP contribution in [0.4, 0.5) is 0 Å². The molecule has 1 atom stereocenters. The first-order valence-corrected chi connectivity index (χ1v) is 5.40. The zero-order chi connectivity index (χ0) is 11.5. The Bertz CT molecular complexity index is 468. The lowest BCUT2D eigenvalue weighted by Gasteiger charge is -2.11. The zero-order valence-corrected chi connectivity index (χ0v) is 9.78. The number of halogens is 2. The number of hydrogen-bond donors (Lipinski definition) is 1. The van der Waals surface area contributed by atoms with E-state index in [0.717, 1.165) is 5.56 Å². The molecule has 1 unspecified atom stereocenters. The molecule has 5 heteroatoms. The normalized spacial score (nSPS) is 12.4. The maximum atomic E-state index is 6.03. The standard InChI is InChI=1S/C11H9Cl2N3/c12-8-3-7(4-9(13)5-8)11(14)10-6-15-1-2-16-10/h1-6,11H,14H2. The van der Waals surface area contributed by atoms with Crippen molar-refractivity contribution in [2.24, 2.45) is 5.73 Å². The van der Waals surface area contributed by atoms with Crippen LogP contribution in [0.25, 0.3) is 0 Å². The van der Waals surface area contributed by atoms with Crippen molar-refractivity contribution >= 4 is 23.2 Å². The average Bonchev–Trinajstić information content (AvgIpc) is 2.28. The summed E-state index contributed by atoms with van der Waals surface area (Å²) in [5.41, 5.74) is 7.53. The van der Waals surface area contributed by atoms with Crippen LogP contribution in [0.2, 0.25) is 10.0 Å². The first-order chi connectivity index (χ1) is 7.66. The Balaban J connectivity index is 2.37. The summed E-state index contributed by atoms with van der Waals surface area (Å²) in [7, 11) is 0. The molecule has 0 spiro atoms. The topological polar surface area (TPSA) is 51.8 Å². The molecule has 1 heterocycles. The molecule has 2 N–H and O–H groups in total. The Morgan fingerprint density at radius 3 is 2.31 bits per heavy atom. The predicted octanol–water partition coefficient (Wildman–Crippen LogP) is 2.83. The molecule has 1 aromatic carbocycles. The maximum absolute atomic E-state index is 6.03. The Morgan fingerprint density at radius 1 is 1.06 bits per heavy atom. The van der Waals surface area contributed by atoms with E-state index in [1.165, 1.54) is 0 Å². The van der Waals surface area contributed by atoms with Gasteiger partial charge in [-0.3, -0.25) is 9.97 Å². The third kappa shape index (κ3) is 2.50. The summed E-state index contributed by atoms with van der Waals surface area (Å²) in [4.78, 5) is 8.11. The highest BCUT2D eigenvalue weighted by Crippen LogP contribution is 2.24. The summed E-state index contributed by atoms with van der Waals surface area (Å²) < 4.78 is 0. The zero-order valence-electron chi connectivity index (χ0n) is 8.27. The Hall–Kier alpha value is -1.16. The second kappa shape index (κ2) is 4.78. The number of nitrogens with two attached hydrogens (primary N) is 1. The lowest BCUT2D eigenvalue weighted by molar-refractivity contribution is 0.818. The highest BCUT2D eigenvalue weighted by molar-refractivity contribution is 6.34. The monoisotopic (exact) mass is 253 g/mol. The fraction of sp³-hybridized carbons (Fsp3) is 0.0909. The van der Waals surface area contributed by atoms with Gasteiger partial charge in [0.15, 0.2) is 0 Å². The van der Waals surface area contributed by atoms with Gasteiger partial charge in [0.05, 0.1) is 17.9 Å². The molecule has 16 heavy (non-hydrogen) atoms. The second-order valence-corrected chi connectivity index (χ2v) is 4.18. The summed E-state index contributed by atoms with van der Waals surface area (Å²) >= 11 is 11.8. The number of benzene rings is 1. The predicted molar refractivity (Wildman–Crippen MR) is 64.5 cm³/mol. The summed E-state index contributed by atoms with van der Waals surface area (Å²) in [6.07, 6.45) is 4.82. The van der Waals surface area contributed by atoms with Gasteiger partial charge < -0.3 is 5.73 Å². The molecule has 82 valence electrons. The first-order valence-electron chi connectivity index (χ1n) is 4.64. The summed E-state index contributed by atoms with van der Waals surface area (Å²) in [6.45, 7) is 0. The summed E-state index contributed by atoms with van der Waals surface area (Å²) in [5.74, 6) is 0. The van der Waals surface area contributed by atoms with E-state index in [9.17, 15) is 0 Å². The van der Waals surface area contributed by atoms with E-state index in [-0.39, 0.29) is 6.04 Å². The van der Waals surface area contributed by atoms with Crippen LogP contribution in [0.15, 0.2) is 36.8 Å². The van der Waals surface area contributed by atoms with Crippen molar-refractivity contribution in [1.82, 2.24) is 9.97 Å². The number of nitrogens with zero attached hydrogens (tertiary/aromatic N) is 2. The molecule has 1 aromatic heterocycles. The van der Waals surface area contributed by atoms with E-state index in [0.29, 0.717) is 15.7 Å². The molecule has 0 amide bonds. The fourth-order valence-corrected chi connectivity index (χ4v) is 1.94. The van der Waals surface area contributed by atoms with Gasteiger partial charge in [-0.05, 0) is 23.8 Å². The van der Waals surface area contributed by atoms with Gasteiger partial charge in [0.25, 0.3) is 0 Å². The minimum atomic E-state index is -0.370. The molecule has 0 bridgehead atoms. The smallest absolute Gasteiger partial charge is 0.0799 e. The molecule has 3 nitrogen and oxygen atoms in total. The molecule has 0 radical (unpaired) electrons. The van der Waals surface area contributed by atoms with Crippen LogP contribution in [0.3, 0.4) is 0 Å². The van der Waals surface area contributed by atoms with Crippen molar-refractivity contribution in [3.05, 3.63) is 58.1 Å². The van der Waals surface area contributed by atoms with E-state index in [2.05, 4.69) is 9.97 Å². The highest BCUT2D eigenvalue weighted by atomic mass is 35.5. The fourth-order valence-electron chi connectivity index (χ4n) is 1.40. The minimum Gasteiger partial charge on any atom is -0.319 e. The van der Waals surface area contributed by atoms with Crippen LogP contribution >= 0.6 is 23.2 Å². The van der Waals surface area contributed by atoms with Crippen molar-refractivity contribution in [2.45, 2.75) is 6.04 Å². The third-order valence-electron chi connectivity index (χ3n) is 2.15. The van der Waals surface area contributed by atoms with Crippen molar-refractivity contribution in [3.63, 3.8) is 0 Å². The van der Waals surface area contributed by atoms with E-state index in [1.54, 1.807) is 36.8 Å². The largest absolute Gasteiger partial charge is 0.319 e. The lowest BCUT2D eigenvalue weighted by Crippen LogP contribution is -2.13. The Labute approximate surface area is 103 Å². The van der Waals surface area contributed by atoms with Crippen LogP contribution in [-0.4, -0.2) is 9.97 Å². The second-order valence-electron chi connectivity index (χ2n) is 3.31. The minimum absolute atomic E-state index is 0.370. The van der Waals surface area contributed by atoms with Gasteiger partial charge in [-0.2, -0.15) is 0 Å². The number of hydrogen-bond acceptors (Lipinski definition) is 3. The van der Waals surface area contributed by atoms with E-state index >= 15 is 0 Å². The van der Waals surface area contributed by atoms with E-state index in [1.807, 2.05) is 0 Å². The van der Waals surface area contributed by atoms with Crippen molar-refractivity contribution in [2.75, 3.05) is 0 Å². The third-order valence-corrected chi connectivity index (χ3v) is 2.58. The maximum Gasteiger partial charge on any atom is 0.0799 e. The van der Waals surface area contributed by atoms with Crippen LogP contribution < -0.4 is 5.73 Å². The lowest BCUT2D eigenvalue weighted by atomic mass is 10.1. The summed E-state index contributed by atoms with van der Waals surface area (Å²) in [6, 6.07) is 4.83. The molecule has 0 aliphatic heterocycles. The summed E-state index contributed by atoms with van der Waals surface area (Å²) in [5, 5.41) is 1.11. The quantitative estimate of drug-likeness (QED) is 0.896. The molecule has 0 fully saturated rings. The average molecular weight is 254 g/mol. The van der Waals surface area contributed by atoms with Gasteiger partial charge in [0, 0.05) is 22.4 Å². The number of aromatic nitrogens is 2. The van der Waals surface area contributed by atoms with E-state index in [4.69, 9.17) is 28.9 Å². The van der Waals surface area contributed by atoms with Crippen molar-refractivity contribution in [3.8, 4) is 0 Å². The molecule has 0 saturated carbocycles. The van der Waals surface area contributed by atoms with Gasteiger partial charge in [0.1, 0.15) is 0 Å². The van der Waals surface area contributed by atoms with Gasteiger partial charge in [-0.1, -0.05) is 23.2 Å². The van der Waals surface area contributed by atoms with Crippen LogP contribution in [0.5, 0.6) is 0 Å². The van der Waals surface area contributed by atoms with Crippen LogP contribution in [-0.2, 0) is 0 Å². The van der Waals surface area contributed by atoms with Crippen LogP contribution in [0, 0.1) is 0 Å². The van der Waals surface area contributed by atoms with E-state index < -0.39 is 0 Å². The SMILES string of the molecule is NC(c1cc(Cl)cc(Cl)c1)c1cnccn1. The molecule has 2 rings (SSSR count). The molecule has 0 saturated heterocycles. The molecular formula is C11H9Cl2N3. The van der Waals surface area contributed by atoms with Gasteiger partial charge >= 0.3 is 0 Å². The molecule has 2 aromatic rings. The number of rotatable bonds is 2. The Morgan fingerprint density at radius 2 is 1.75 bits per heavy atom. The Kier molecular flexibility index (Phi) is 3.39. The molecule has 0 aliphatic carbocycles. The van der Waals surface area contributed by atoms with Gasteiger partial charge in [0.2, 0.25) is 0 Å². The highest BCUT2D eigenvalue weighted by Gasteiger charge is 2.11. The van der Waals surface area contributed by atoms with Crippen LogP contribution in [0.1, 0.15) is 17.3 Å². The van der Waals surface area contributed by atoms with Gasteiger partial charge in [-0.15, -0.1) is 0 Å².